The standard InChI is InChI=1S/C21H21F3NP3/c1-13(2)19(14(3)25-4)16-9-18-20(26-10-16)28(12-27-18)11-15-5-7-17(8-6-15)21(22,23)24/h5-10,12H,11H2,1-4H3/b25-14-. The number of benzene rings is 1. The summed E-state index contributed by atoms with van der Waals surface area (Å²) in [6, 6.07) is 7.85. The summed E-state index contributed by atoms with van der Waals surface area (Å²) in [5.41, 5.74) is 7.40. The Morgan fingerprint density at radius 2 is 1.75 bits per heavy atom. The van der Waals surface area contributed by atoms with E-state index in [-0.39, 0.29) is 0 Å². The third-order valence-corrected chi connectivity index (χ3v) is 10.6. The normalized spacial score (nSPS) is 13.7. The first-order valence-corrected chi connectivity index (χ1v) is 12.3. The molecule has 0 saturated heterocycles. The molecule has 1 atom stereocenters. The second kappa shape index (κ2) is 8.50. The van der Waals surface area contributed by atoms with Crippen LogP contribution in [0.4, 0.5) is 13.2 Å². The van der Waals surface area contributed by atoms with Crippen LogP contribution in [0.15, 0.2) is 52.2 Å². The summed E-state index contributed by atoms with van der Waals surface area (Å²) < 4.78 is 38.3. The number of hydrogen-bond acceptors (Lipinski definition) is 1. The summed E-state index contributed by atoms with van der Waals surface area (Å²) in [7, 11) is 3.75. The lowest BCUT2D eigenvalue weighted by atomic mass is 10.00. The molecule has 1 aromatic carbocycles. The lowest BCUT2D eigenvalue weighted by molar-refractivity contribution is -0.137. The van der Waals surface area contributed by atoms with Crippen molar-refractivity contribution in [1.29, 1.82) is 0 Å². The average molecular weight is 437 g/mol. The van der Waals surface area contributed by atoms with Crippen molar-refractivity contribution in [3.8, 4) is 0 Å². The molecule has 1 unspecified atom stereocenters. The van der Waals surface area contributed by atoms with Crippen molar-refractivity contribution in [2.24, 2.45) is 4.99 Å². The summed E-state index contributed by atoms with van der Waals surface area (Å²) in [5, 5.41) is 1.33. The third kappa shape index (κ3) is 4.57. The fourth-order valence-electron chi connectivity index (χ4n) is 3.17. The van der Waals surface area contributed by atoms with Gasteiger partial charge < -0.3 is 0 Å². The molecule has 3 aromatic rings. The second-order valence-corrected chi connectivity index (χ2v) is 11.5. The summed E-state index contributed by atoms with van der Waals surface area (Å²) in [4.78, 5) is 5.77. The van der Waals surface area contributed by atoms with E-state index in [1.807, 2.05) is 14.0 Å². The van der Waals surface area contributed by atoms with Gasteiger partial charge in [-0.25, -0.2) is 0 Å². The lowest BCUT2D eigenvalue weighted by Gasteiger charge is -2.10. The predicted octanol–water partition coefficient (Wildman–Crippen LogP) is 8.94. The van der Waals surface area contributed by atoms with Crippen molar-refractivity contribution in [3.05, 3.63) is 63.9 Å². The van der Waals surface area contributed by atoms with Gasteiger partial charge in [-0.15, -0.1) is 7.53 Å². The highest BCUT2D eigenvalue weighted by atomic mass is 31.1. The molecule has 0 aliphatic carbocycles. The minimum absolute atomic E-state index is 0.463. The first kappa shape index (κ1) is 21.3. The average Bonchev–Trinajstić information content (AvgIpc) is 3.03. The monoisotopic (exact) mass is 437 g/mol. The van der Waals surface area contributed by atoms with Gasteiger partial charge >= 0.3 is 6.18 Å². The zero-order chi connectivity index (χ0) is 20.5. The highest BCUT2D eigenvalue weighted by Crippen LogP contribution is 2.51. The van der Waals surface area contributed by atoms with Gasteiger partial charge in [-0.3, -0.25) is 4.99 Å². The molecule has 0 amide bonds. The largest absolute Gasteiger partial charge is 0.416 e. The van der Waals surface area contributed by atoms with E-state index < -0.39 is 19.3 Å². The zero-order valence-electron chi connectivity index (χ0n) is 16.2. The van der Waals surface area contributed by atoms with Crippen LogP contribution in [0.1, 0.15) is 37.5 Å². The van der Waals surface area contributed by atoms with Gasteiger partial charge in [0, 0.05) is 34.5 Å². The Morgan fingerprint density at radius 3 is 2.32 bits per heavy atom. The van der Waals surface area contributed by atoms with E-state index in [1.54, 1.807) is 12.1 Å². The van der Waals surface area contributed by atoms with Crippen LogP contribution in [0.25, 0.3) is 15.5 Å². The molecule has 0 aliphatic rings. The fourth-order valence-corrected chi connectivity index (χ4v) is 9.44. The van der Waals surface area contributed by atoms with Crippen LogP contribution < -0.4 is 0 Å². The van der Waals surface area contributed by atoms with Crippen molar-refractivity contribution in [1.82, 2.24) is 0 Å². The Balaban J connectivity index is 1.92. The van der Waals surface area contributed by atoms with Gasteiger partial charge in [0.15, 0.2) is 0 Å². The molecule has 146 valence electrons. The Hall–Kier alpha value is -1.46. The van der Waals surface area contributed by atoms with Crippen LogP contribution in [-0.2, 0) is 12.3 Å². The zero-order valence-corrected chi connectivity index (χ0v) is 18.9. The van der Waals surface area contributed by atoms with Gasteiger partial charge in [0.1, 0.15) is 0 Å². The maximum Gasteiger partial charge on any atom is 0.416 e. The number of rotatable bonds is 4. The van der Waals surface area contributed by atoms with Crippen LogP contribution in [0.5, 0.6) is 0 Å². The predicted molar refractivity (Wildman–Crippen MR) is 120 cm³/mol. The van der Waals surface area contributed by atoms with Gasteiger partial charge in [0.25, 0.3) is 0 Å². The van der Waals surface area contributed by atoms with Gasteiger partial charge in [-0.05, 0) is 61.4 Å². The molecule has 28 heavy (non-hydrogen) atoms. The molecule has 0 spiro atoms. The van der Waals surface area contributed by atoms with E-state index in [1.165, 1.54) is 55.2 Å². The number of nitrogens with zero attached hydrogens (tertiary/aromatic N) is 1. The van der Waals surface area contributed by atoms with E-state index in [0.717, 1.165) is 17.4 Å². The molecule has 1 nitrogen and oxygen atoms in total. The van der Waals surface area contributed by atoms with Crippen molar-refractivity contribution >= 4 is 45.2 Å². The summed E-state index contributed by atoms with van der Waals surface area (Å²) in [6.45, 7) is 6.25. The van der Waals surface area contributed by atoms with E-state index in [9.17, 15) is 13.2 Å². The minimum Gasteiger partial charge on any atom is -0.293 e. The molecule has 0 saturated carbocycles. The van der Waals surface area contributed by atoms with E-state index >= 15 is 0 Å². The van der Waals surface area contributed by atoms with Gasteiger partial charge in [0.2, 0.25) is 0 Å². The van der Waals surface area contributed by atoms with Gasteiger partial charge in [0.05, 0.1) is 5.56 Å². The van der Waals surface area contributed by atoms with Crippen molar-refractivity contribution < 1.29 is 13.2 Å². The molecular formula is C21H21F3NP3. The van der Waals surface area contributed by atoms with Gasteiger partial charge in [-0.1, -0.05) is 34.1 Å². The number of allylic oxidation sites excluding steroid dienone is 2. The molecule has 7 heteroatoms. The molecule has 2 aromatic heterocycles. The SMILES string of the molecule is C/N=C(/C)C(=C(C)C)c1cpc2c(c1)pcp2Cc1ccc(C(F)(F)F)cc1. The Labute approximate surface area is 167 Å². The molecular weight excluding hydrogens is 416 g/mol. The van der Waals surface area contributed by atoms with E-state index in [0.29, 0.717) is 0 Å². The highest BCUT2D eigenvalue weighted by Gasteiger charge is 2.29. The van der Waals surface area contributed by atoms with E-state index in [4.69, 9.17) is 0 Å². The number of alkyl halides is 3. The molecule has 0 aliphatic heterocycles. The smallest absolute Gasteiger partial charge is 0.293 e. The number of fused-ring (bicyclic) bond motifs is 1. The van der Waals surface area contributed by atoms with Crippen LogP contribution in [0.3, 0.4) is 0 Å². The van der Waals surface area contributed by atoms with Crippen LogP contribution in [0, 0.1) is 0 Å². The van der Waals surface area contributed by atoms with Crippen molar-refractivity contribution in [3.63, 3.8) is 0 Å². The second-order valence-electron chi connectivity index (χ2n) is 6.82. The number of aliphatic imine (C=N–C) groups is 1. The number of hydrogen-bond donors (Lipinski definition) is 0. The Bertz CT molecular complexity index is 1060. The maximum absolute atomic E-state index is 12.8. The summed E-state index contributed by atoms with van der Waals surface area (Å²) in [5.74, 6) is 2.24. The van der Waals surface area contributed by atoms with E-state index in [2.05, 4.69) is 36.2 Å². The minimum atomic E-state index is -4.28. The van der Waals surface area contributed by atoms with Crippen LogP contribution in [-0.4, -0.2) is 12.8 Å². The van der Waals surface area contributed by atoms with Crippen LogP contribution >= 0.6 is 23.9 Å². The molecule has 2 heterocycles. The Morgan fingerprint density at radius 1 is 1.07 bits per heavy atom. The van der Waals surface area contributed by atoms with Crippen LogP contribution in [0.2, 0.25) is 0 Å². The van der Waals surface area contributed by atoms with Gasteiger partial charge in [-0.2, -0.15) is 13.2 Å². The third-order valence-electron chi connectivity index (χ3n) is 4.58. The summed E-state index contributed by atoms with van der Waals surface area (Å²) in [6.07, 6.45) is -3.48. The molecule has 3 rings (SSSR count). The topological polar surface area (TPSA) is 12.4 Å². The molecule has 0 radical (unpaired) electrons. The summed E-state index contributed by atoms with van der Waals surface area (Å²) >= 11 is 0. The quantitative estimate of drug-likeness (QED) is 0.361. The lowest BCUT2D eigenvalue weighted by Crippen LogP contribution is -2.04. The highest BCUT2D eigenvalue weighted by molar-refractivity contribution is 7.72. The van der Waals surface area contributed by atoms with Crippen molar-refractivity contribution in [2.75, 3.05) is 7.05 Å². The first-order chi connectivity index (χ1) is 13.2. The molecule has 0 fully saturated rings. The maximum atomic E-state index is 12.8. The van der Waals surface area contributed by atoms with Crippen molar-refractivity contribution in [2.45, 2.75) is 33.1 Å². The molecule has 0 bridgehead atoms. The first-order valence-electron chi connectivity index (χ1n) is 8.79. The Kier molecular flexibility index (Phi) is 6.45. The molecule has 0 N–H and O–H groups in total. The number of halogens is 3. The fraction of sp³-hybridized carbons (Fsp3) is 0.286.